The van der Waals surface area contributed by atoms with Crippen molar-refractivity contribution in [3.63, 3.8) is 0 Å². The lowest BCUT2D eigenvalue weighted by molar-refractivity contribution is -0.142. The van der Waals surface area contributed by atoms with Gasteiger partial charge in [0.2, 0.25) is 15.9 Å². The topological polar surface area (TPSA) is 122 Å². The van der Waals surface area contributed by atoms with Crippen LogP contribution in [-0.4, -0.2) is 56.0 Å². The van der Waals surface area contributed by atoms with Crippen LogP contribution in [0.1, 0.15) is 16.7 Å². The number of aliphatic carboxylic acids is 1. The Balaban J connectivity index is 1.68. The number of methoxy groups -OCH3 is 2. The lowest BCUT2D eigenvalue weighted by atomic mass is 9.95. The van der Waals surface area contributed by atoms with Crippen molar-refractivity contribution >= 4 is 21.9 Å². The summed E-state index contributed by atoms with van der Waals surface area (Å²) >= 11 is 0. The quantitative estimate of drug-likeness (QED) is 0.441. The number of carbonyl (C=O) groups excluding carboxylic acids is 1. The number of hydrogen-bond acceptors (Lipinski definition) is 6. The van der Waals surface area contributed by atoms with Gasteiger partial charge in [-0.15, -0.1) is 0 Å². The molecule has 4 rings (SSSR count). The summed E-state index contributed by atoms with van der Waals surface area (Å²) in [6.45, 7) is -0.0403. The van der Waals surface area contributed by atoms with Gasteiger partial charge >= 0.3 is 5.97 Å². The van der Waals surface area contributed by atoms with Crippen LogP contribution in [0.15, 0.2) is 77.7 Å². The molecule has 0 bridgehead atoms. The monoisotopic (exact) mass is 524 g/mol. The van der Waals surface area contributed by atoms with Crippen LogP contribution in [0.4, 0.5) is 0 Å². The second kappa shape index (κ2) is 11.0. The lowest BCUT2D eigenvalue weighted by Gasteiger charge is -2.35. The van der Waals surface area contributed by atoms with Crippen molar-refractivity contribution in [1.29, 1.82) is 0 Å². The number of rotatable bonds is 9. The maximum Gasteiger partial charge on any atom is 0.326 e. The zero-order valence-corrected chi connectivity index (χ0v) is 21.3. The number of carbonyl (C=O) groups is 2. The van der Waals surface area contributed by atoms with Crippen molar-refractivity contribution in [2.75, 3.05) is 14.2 Å². The predicted molar refractivity (Wildman–Crippen MR) is 136 cm³/mol. The second-order valence-electron chi connectivity index (χ2n) is 8.64. The third-order valence-electron chi connectivity index (χ3n) is 6.37. The van der Waals surface area contributed by atoms with Gasteiger partial charge in [-0.3, -0.25) is 4.79 Å². The van der Waals surface area contributed by atoms with Gasteiger partial charge in [0, 0.05) is 19.0 Å². The third kappa shape index (κ3) is 5.60. The number of benzene rings is 3. The molecule has 3 aromatic carbocycles. The van der Waals surface area contributed by atoms with Gasteiger partial charge in [-0.05, 0) is 35.2 Å². The second-order valence-corrected chi connectivity index (χ2v) is 10.5. The smallest absolute Gasteiger partial charge is 0.326 e. The Morgan fingerprint density at radius 3 is 2.27 bits per heavy atom. The van der Waals surface area contributed by atoms with Crippen LogP contribution in [0.2, 0.25) is 0 Å². The summed E-state index contributed by atoms with van der Waals surface area (Å²) in [5, 5.41) is 12.3. The molecule has 1 amide bonds. The average Bonchev–Trinajstić information content (AvgIpc) is 2.91. The van der Waals surface area contributed by atoms with Gasteiger partial charge in [0.1, 0.15) is 12.1 Å². The summed E-state index contributed by atoms with van der Waals surface area (Å²) in [5.41, 5.74) is 2.34. The van der Waals surface area contributed by atoms with Gasteiger partial charge in [-0.1, -0.05) is 54.6 Å². The molecule has 2 unspecified atom stereocenters. The summed E-state index contributed by atoms with van der Waals surface area (Å²) in [6.07, 6.45) is 0.167. The molecular formula is C27H28N2O7S. The van der Waals surface area contributed by atoms with Gasteiger partial charge in [-0.25, -0.2) is 13.2 Å². The Labute approximate surface area is 215 Å². The van der Waals surface area contributed by atoms with Gasteiger partial charge in [-0.2, -0.15) is 4.31 Å². The summed E-state index contributed by atoms with van der Waals surface area (Å²) in [4.78, 5) is 25.4. The van der Waals surface area contributed by atoms with E-state index in [1.165, 1.54) is 32.4 Å². The van der Waals surface area contributed by atoms with E-state index in [0.29, 0.717) is 5.75 Å². The normalized spacial score (nSPS) is 16.3. The fourth-order valence-electron chi connectivity index (χ4n) is 4.41. The molecule has 1 aliphatic rings. The number of nitrogens with zero attached hydrogens (tertiary/aromatic N) is 1. The van der Waals surface area contributed by atoms with Crippen LogP contribution in [0, 0.1) is 0 Å². The number of hydrogen-bond donors (Lipinski definition) is 2. The highest BCUT2D eigenvalue weighted by Gasteiger charge is 2.41. The van der Waals surface area contributed by atoms with E-state index < -0.39 is 34.0 Å². The van der Waals surface area contributed by atoms with Gasteiger partial charge in [0.05, 0.1) is 19.1 Å². The Morgan fingerprint density at radius 1 is 0.973 bits per heavy atom. The van der Waals surface area contributed by atoms with E-state index in [9.17, 15) is 23.1 Å². The first kappa shape index (κ1) is 26.2. The SMILES string of the molecule is COc1ccc(S(=O)(=O)N2Cc3ccccc3CC2C(=O)NC(Cc2ccccc2)C(=O)O)cc1OC. The number of carboxylic acids is 1. The van der Waals surface area contributed by atoms with Crippen molar-refractivity contribution < 1.29 is 32.6 Å². The van der Waals surface area contributed by atoms with Gasteiger partial charge in [0.25, 0.3) is 0 Å². The third-order valence-corrected chi connectivity index (χ3v) is 8.22. The molecule has 0 aromatic heterocycles. The van der Waals surface area contributed by atoms with Crippen molar-refractivity contribution in [3.05, 3.63) is 89.5 Å². The molecule has 194 valence electrons. The van der Waals surface area contributed by atoms with Crippen LogP contribution < -0.4 is 14.8 Å². The number of fused-ring (bicyclic) bond motifs is 1. The molecule has 0 radical (unpaired) electrons. The highest BCUT2D eigenvalue weighted by atomic mass is 32.2. The molecule has 1 heterocycles. The minimum absolute atomic E-state index is 0.0403. The fraction of sp³-hybridized carbons (Fsp3) is 0.259. The first-order chi connectivity index (χ1) is 17.7. The van der Waals surface area contributed by atoms with E-state index in [-0.39, 0.29) is 30.0 Å². The Hall–Kier alpha value is -3.89. The maximum absolute atomic E-state index is 13.8. The van der Waals surface area contributed by atoms with E-state index >= 15 is 0 Å². The molecule has 0 saturated heterocycles. The standard InChI is InChI=1S/C27H28N2O7S/c1-35-24-13-12-21(16-25(24)36-2)37(33,34)29-17-20-11-7-6-10-19(20)15-23(29)26(30)28-22(27(31)32)14-18-8-4-3-5-9-18/h3-13,16,22-23H,14-15,17H2,1-2H3,(H,28,30)(H,31,32). The fourth-order valence-corrected chi connectivity index (χ4v) is 5.99. The number of ether oxygens (including phenoxy) is 2. The highest BCUT2D eigenvalue weighted by molar-refractivity contribution is 7.89. The van der Waals surface area contributed by atoms with E-state index in [1.54, 1.807) is 30.3 Å². The predicted octanol–water partition coefficient (Wildman–Crippen LogP) is 2.63. The maximum atomic E-state index is 13.8. The number of carboxylic acid groups (broad SMARTS) is 1. The highest BCUT2D eigenvalue weighted by Crippen LogP contribution is 2.34. The largest absolute Gasteiger partial charge is 0.493 e. The number of sulfonamides is 1. The summed E-state index contributed by atoms with van der Waals surface area (Å²) in [6, 6.07) is 18.1. The molecular weight excluding hydrogens is 496 g/mol. The van der Waals surface area contributed by atoms with E-state index in [0.717, 1.165) is 21.0 Å². The Kier molecular flexibility index (Phi) is 7.80. The van der Waals surface area contributed by atoms with Crippen LogP contribution in [0.5, 0.6) is 11.5 Å². The van der Waals surface area contributed by atoms with Crippen molar-refractivity contribution in [1.82, 2.24) is 9.62 Å². The molecule has 10 heteroatoms. The molecule has 2 N–H and O–H groups in total. The molecule has 37 heavy (non-hydrogen) atoms. The summed E-state index contributed by atoms with van der Waals surface area (Å²) < 4.78 is 39.3. The first-order valence-electron chi connectivity index (χ1n) is 11.6. The van der Waals surface area contributed by atoms with E-state index in [4.69, 9.17) is 9.47 Å². The zero-order chi connectivity index (χ0) is 26.6. The van der Waals surface area contributed by atoms with Crippen molar-refractivity contribution in [3.8, 4) is 11.5 Å². The Morgan fingerprint density at radius 2 is 1.62 bits per heavy atom. The lowest BCUT2D eigenvalue weighted by Crippen LogP contribution is -2.55. The molecule has 3 aromatic rings. The molecule has 0 fully saturated rings. The van der Waals surface area contributed by atoms with Crippen molar-refractivity contribution in [2.45, 2.75) is 36.4 Å². The molecule has 9 nitrogen and oxygen atoms in total. The van der Waals surface area contributed by atoms with Gasteiger partial charge < -0.3 is 19.9 Å². The van der Waals surface area contributed by atoms with E-state index in [2.05, 4.69) is 5.32 Å². The van der Waals surface area contributed by atoms with Crippen LogP contribution in [0.3, 0.4) is 0 Å². The zero-order valence-electron chi connectivity index (χ0n) is 20.5. The van der Waals surface area contributed by atoms with Crippen LogP contribution in [-0.2, 0) is 39.0 Å². The number of amides is 1. The molecule has 1 aliphatic heterocycles. The Bertz CT molecular complexity index is 1390. The minimum atomic E-state index is -4.18. The summed E-state index contributed by atoms with van der Waals surface area (Å²) in [7, 11) is -1.33. The van der Waals surface area contributed by atoms with Crippen molar-refractivity contribution in [2.24, 2.45) is 0 Å². The summed E-state index contributed by atoms with van der Waals surface area (Å²) in [5.74, 6) is -1.29. The molecule has 0 saturated carbocycles. The first-order valence-corrected chi connectivity index (χ1v) is 13.1. The minimum Gasteiger partial charge on any atom is -0.493 e. The molecule has 2 atom stereocenters. The molecule has 0 spiro atoms. The molecule has 0 aliphatic carbocycles. The number of nitrogens with one attached hydrogen (secondary N) is 1. The average molecular weight is 525 g/mol. The van der Waals surface area contributed by atoms with Crippen LogP contribution >= 0.6 is 0 Å². The van der Waals surface area contributed by atoms with Crippen LogP contribution in [0.25, 0.3) is 0 Å². The van der Waals surface area contributed by atoms with E-state index in [1.807, 2.05) is 24.3 Å². The van der Waals surface area contributed by atoms with Gasteiger partial charge in [0.15, 0.2) is 11.5 Å².